The number of ether oxygens (including phenoxy) is 1. The maximum Gasteiger partial charge on any atom is 0.0728 e. The van der Waals surface area contributed by atoms with Crippen molar-refractivity contribution < 1.29 is 4.74 Å². The number of hydrogen-bond acceptors (Lipinski definition) is 3. The molecule has 3 aliphatic heterocycles. The summed E-state index contributed by atoms with van der Waals surface area (Å²) in [5.74, 6) is 0. The summed E-state index contributed by atoms with van der Waals surface area (Å²) in [5, 5.41) is 0. The molecule has 4 unspecified atom stereocenters. The van der Waals surface area contributed by atoms with Crippen molar-refractivity contribution in [3.63, 3.8) is 0 Å². The van der Waals surface area contributed by atoms with Crippen LogP contribution >= 0.6 is 0 Å². The number of fused-ring (bicyclic) bond motifs is 1. The lowest BCUT2D eigenvalue weighted by molar-refractivity contribution is -0.0529. The zero-order valence-corrected chi connectivity index (χ0v) is 12.2. The van der Waals surface area contributed by atoms with Crippen molar-refractivity contribution in [2.75, 3.05) is 26.2 Å². The van der Waals surface area contributed by atoms with Gasteiger partial charge in [-0.25, -0.2) is 0 Å². The van der Waals surface area contributed by atoms with Crippen LogP contribution in [0.3, 0.4) is 0 Å². The quantitative estimate of drug-likeness (QED) is 0.748. The van der Waals surface area contributed by atoms with E-state index in [1.807, 2.05) is 0 Å². The van der Waals surface area contributed by atoms with Crippen molar-refractivity contribution >= 4 is 0 Å². The van der Waals surface area contributed by atoms with E-state index in [0.717, 1.165) is 18.7 Å². The van der Waals surface area contributed by atoms with E-state index in [2.05, 4.69) is 30.6 Å². The molecule has 0 aromatic heterocycles. The van der Waals surface area contributed by atoms with Gasteiger partial charge in [0.05, 0.1) is 6.10 Å². The van der Waals surface area contributed by atoms with Crippen molar-refractivity contribution in [1.29, 1.82) is 0 Å². The fourth-order valence-electron chi connectivity index (χ4n) is 4.27. The van der Waals surface area contributed by atoms with Gasteiger partial charge < -0.3 is 4.74 Å². The molecule has 0 amide bonds. The molecular formula is C15H28N2O. The molecule has 0 radical (unpaired) electrons. The van der Waals surface area contributed by atoms with Crippen LogP contribution in [0, 0.1) is 0 Å². The average Bonchev–Trinajstić information content (AvgIpc) is 2.95. The van der Waals surface area contributed by atoms with Crippen LogP contribution in [-0.2, 0) is 4.74 Å². The minimum absolute atomic E-state index is 0.273. The first-order chi connectivity index (χ1) is 8.65. The molecule has 3 heterocycles. The van der Waals surface area contributed by atoms with Crippen LogP contribution in [0.2, 0.25) is 0 Å². The number of nitrogens with zero attached hydrogens (tertiary/aromatic N) is 2. The zero-order chi connectivity index (χ0) is 12.8. The molecular weight excluding hydrogens is 224 g/mol. The molecule has 3 rings (SSSR count). The van der Waals surface area contributed by atoms with Crippen LogP contribution < -0.4 is 0 Å². The smallest absolute Gasteiger partial charge is 0.0728 e. The summed E-state index contributed by atoms with van der Waals surface area (Å²) in [5.41, 5.74) is 0.273. The topological polar surface area (TPSA) is 15.7 Å². The highest BCUT2D eigenvalue weighted by Crippen LogP contribution is 2.38. The lowest BCUT2D eigenvalue weighted by Crippen LogP contribution is -2.64. The molecule has 3 nitrogen and oxygen atoms in total. The molecule has 18 heavy (non-hydrogen) atoms. The molecule has 0 saturated carbocycles. The fourth-order valence-corrected chi connectivity index (χ4v) is 4.27. The maximum absolute atomic E-state index is 5.87. The molecule has 0 N–H and O–H groups in total. The molecule has 0 aromatic carbocycles. The normalized spacial score (nSPS) is 46.5. The SMILES string of the molecule is CCC1CN2CCCC2CN1C1(C)CCOC1C. The lowest BCUT2D eigenvalue weighted by Gasteiger charge is -2.52. The molecule has 3 saturated heterocycles. The summed E-state index contributed by atoms with van der Waals surface area (Å²) < 4.78 is 5.87. The molecule has 0 spiro atoms. The Labute approximate surface area is 111 Å². The third-order valence-corrected chi connectivity index (χ3v) is 5.77. The Kier molecular flexibility index (Phi) is 3.41. The Morgan fingerprint density at radius 1 is 1.33 bits per heavy atom. The van der Waals surface area contributed by atoms with Crippen LogP contribution in [0.1, 0.15) is 46.5 Å². The highest BCUT2D eigenvalue weighted by atomic mass is 16.5. The molecule has 0 bridgehead atoms. The maximum atomic E-state index is 5.87. The highest BCUT2D eigenvalue weighted by Gasteiger charge is 2.48. The zero-order valence-electron chi connectivity index (χ0n) is 12.2. The van der Waals surface area contributed by atoms with E-state index in [0.29, 0.717) is 6.10 Å². The van der Waals surface area contributed by atoms with Crippen LogP contribution in [0.4, 0.5) is 0 Å². The fraction of sp³-hybridized carbons (Fsp3) is 1.00. The van der Waals surface area contributed by atoms with Gasteiger partial charge in [-0.2, -0.15) is 0 Å². The third kappa shape index (κ3) is 1.91. The molecule has 3 fully saturated rings. The number of rotatable bonds is 2. The summed E-state index contributed by atoms with van der Waals surface area (Å²) in [7, 11) is 0. The minimum Gasteiger partial charge on any atom is -0.377 e. The molecule has 3 heteroatoms. The van der Waals surface area contributed by atoms with Gasteiger partial charge in [0.25, 0.3) is 0 Å². The van der Waals surface area contributed by atoms with E-state index >= 15 is 0 Å². The first kappa shape index (κ1) is 12.9. The van der Waals surface area contributed by atoms with E-state index in [4.69, 9.17) is 4.74 Å². The Morgan fingerprint density at radius 3 is 2.83 bits per heavy atom. The van der Waals surface area contributed by atoms with Crippen molar-refractivity contribution in [3.05, 3.63) is 0 Å². The first-order valence-electron chi connectivity index (χ1n) is 7.77. The third-order valence-electron chi connectivity index (χ3n) is 5.77. The minimum atomic E-state index is 0.273. The van der Waals surface area contributed by atoms with Gasteiger partial charge in [-0.1, -0.05) is 6.92 Å². The first-order valence-corrected chi connectivity index (χ1v) is 7.77. The summed E-state index contributed by atoms with van der Waals surface area (Å²) in [6.45, 7) is 11.9. The number of hydrogen-bond donors (Lipinski definition) is 0. The highest BCUT2D eigenvalue weighted by molar-refractivity contribution is 5.03. The van der Waals surface area contributed by atoms with E-state index in [-0.39, 0.29) is 5.54 Å². The van der Waals surface area contributed by atoms with E-state index in [9.17, 15) is 0 Å². The lowest BCUT2D eigenvalue weighted by atomic mass is 9.87. The second-order valence-corrected chi connectivity index (χ2v) is 6.63. The second kappa shape index (κ2) is 4.77. The van der Waals surface area contributed by atoms with Gasteiger partial charge in [-0.05, 0) is 46.1 Å². The van der Waals surface area contributed by atoms with Crippen LogP contribution in [0.25, 0.3) is 0 Å². The van der Waals surface area contributed by atoms with Crippen molar-refractivity contribution in [2.45, 2.75) is 70.2 Å². The van der Waals surface area contributed by atoms with Crippen molar-refractivity contribution in [3.8, 4) is 0 Å². The Bertz CT molecular complexity index is 309. The molecule has 4 atom stereocenters. The predicted molar refractivity (Wildman–Crippen MR) is 73.8 cm³/mol. The Balaban J connectivity index is 1.80. The van der Waals surface area contributed by atoms with Gasteiger partial charge in [0.1, 0.15) is 0 Å². The van der Waals surface area contributed by atoms with Crippen molar-refractivity contribution in [2.24, 2.45) is 0 Å². The van der Waals surface area contributed by atoms with E-state index in [1.165, 1.54) is 45.3 Å². The molecule has 104 valence electrons. The van der Waals surface area contributed by atoms with Gasteiger partial charge in [-0.3, -0.25) is 9.80 Å². The molecule has 3 aliphatic rings. The largest absolute Gasteiger partial charge is 0.377 e. The standard InChI is InChI=1S/C15H28N2O/c1-4-13-10-16-8-5-6-14(16)11-17(13)15(3)7-9-18-12(15)2/h12-14H,4-11H2,1-3H3. The van der Waals surface area contributed by atoms with Crippen LogP contribution in [0.5, 0.6) is 0 Å². The van der Waals surface area contributed by atoms with Crippen molar-refractivity contribution in [1.82, 2.24) is 9.80 Å². The predicted octanol–water partition coefficient (Wildman–Crippen LogP) is 2.11. The Morgan fingerprint density at radius 2 is 2.17 bits per heavy atom. The summed E-state index contributed by atoms with van der Waals surface area (Å²) in [6.07, 6.45) is 5.67. The monoisotopic (exact) mass is 252 g/mol. The molecule has 0 aromatic rings. The van der Waals surface area contributed by atoms with Gasteiger partial charge in [-0.15, -0.1) is 0 Å². The van der Waals surface area contributed by atoms with Gasteiger partial charge in [0, 0.05) is 37.3 Å². The van der Waals surface area contributed by atoms with Gasteiger partial charge in [0.15, 0.2) is 0 Å². The molecule has 0 aliphatic carbocycles. The van der Waals surface area contributed by atoms with Crippen LogP contribution in [0.15, 0.2) is 0 Å². The van der Waals surface area contributed by atoms with Gasteiger partial charge >= 0.3 is 0 Å². The second-order valence-electron chi connectivity index (χ2n) is 6.63. The Hall–Kier alpha value is -0.120. The summed E-state index contributed by atoms with van der Waals surface area (Å²) >= 11 is 0. The summed E-state index contributed by atoms with van der Waals surface area (Å²) in [4.78, 5) is 5.53. The van der Waals surface area contributed by atoms with E-state index in [1.54, 1.807) is 0 Å². The number of piperazine rings is 1. The van der Waals surface area contributed by atoms with Crippen LogP contribution in [-0.4, -0.2) is 59.8 Å². The van der Waals surface area contributed by atoms with Gasteiger partial charge in [0.2, 0.25) is 0 Å². The average molecular weight is 252 g/mol. The summed E-state index contributed by atoms with van der Waals surface area (Å²) in [6, 6.07) is 1.55. The van der Waals surface area contributed by atoms with E-state index < -0.39 is 0 Å².